The Bertz CT molecular complexity index is 1370. The summed E-state index contributed by atoms with van der Waals surface area (Å²) in [4.78, 5) is 31.7. The van der Waals surface area contributed by atoms with Crippen LogP contribution in [0.15, 0.2) is 72.6 Å². The number of alkyl halides is 3. The average molecular weight is 528 g/mol. The van der Waals surface area contributed by atoms with Gasteiger partial charge in [-0.2, -0.15) is 0 Å². The number of aliphatic hydroxyl groups is 1. The number of nitrogens with zero attached hydrogens (tertiary/aromatic N) is 2. The molecule has 1 N–H and O–H groups in total. The Labute approximate surface area is 215 Å². The number of ketones is 1. The SMILES string of the molecule is CCOc1ccc(/C(O)=C2/C(=O)C(=O)N(c3cccc(OC(F)(F)F)c3)C2c2cccnc2)c(OCC)c1. The number of aromatic nitrogens is 1. The Morgan fingerprint density at radius 3 is 2.42 bits per heavy atom. The summed E-state index contributed by atoms with van der Waals surface area (Å²) in [6.07, 6.45) is -2.08. The van der Waals surface area contributed by atoms with Crippen molar-refractivity contribution in [1.82, 2.24) is 4.98 Å². The molecule has 1 aromatic heterocycles. The molecule has 0 saturated carbocycles. The van der Waals surface area contributed by atoms with Gasteiger partial charge in [0, 0.05) is 30.2 Å². The van der Waals surface area contributed by atoms with Crippen molar-refractivity contribution in [2.45, 2.75) is 26.3 Å². The molecule has 1 amide bonds. The molecular weight excluding hydrogens is 505 g/mol. The Balaban J connectivity index is 1.90. The lowest BCUT2D eigenvalue weighted by Gasteiger charge is -2.25. The maximum Gasteiger partial charge on any atom is 0.573 e. The van der Waals surface area contributed by atoms with Gasteiger partial charge in [-0.15, -0.1) is 13.2 Å². The summed E-state index contributed by atoms with van der Waals surface area (Å²) in [7, 11) is 0. The third kappa shape index (κ3) is 5.41. The van der Waals surface area contributed by atoms with Crippen molar-refractivity contribution in [3.8, 4) is 17.2 Å². The van der Waals surface area contributed by atoms with Crippen LogP contribution in [0.2, 0.25) is 0 Å². The first-order valence-corrected chi connectivity index (χ1v) is 11.6. The largest absolute Gasteiger partial charge is 0.573 e. The molecule has 0 aliphatic carbocycles. The normalized spacial score (nSPS) is 17.0. The van der Waals surface area contributed by atoms with Crippen LogP contribution in [0, 0.1) is 0 Å². The number of amides is 1. The quantitative estimate of drug-likeness (QED) is 0.237. The molecule has 0 spiro atoms. The highest BCUT2D eigenvalue weighted by molar-refractivity contribution is 6.51. The number of hydrogen-bond acceptors (Lipinski definition) is 7. The number of anilines is 1. The predicted octanol–water partition coefficient (Wildman–Crippen LogP) is 5.40. The number of ether oxygens (including phenoxy) is 3. The lowest BCUT2D eigenvalue weighted by molar-refractivity contribution is -0.274. The average Bonchev–Trinajstić information content (AvgIpc) is 3.14. The molecule has 1 saturated heterocycles. The van der Waals surface area contributed by atoms with Crippen LogP contribution in [0.4, 0.5) is 18.9 Å². The van der Waals surface area contributed by atoms with E-state index in [4.69, 9.17) is 9.47 Å². The van der Waals surface area contributed by atoms with Crippen molar-refractivity contribution >= 4 is 23.1 Å². The number of pyridine rings is 1. The van der Waals surface area contributed by atoms with Gasteiger partial charge >= 0.3 is 6.36 Å². The number of halogens is 3. The van der Waals surface area contributed by atoms with Crippen molar-refractivity contribution < 1.29 is 42.1 Å². The molecule has 38 heavy (non-hydrogen) atoms. The van der Waals surface area contributed by atoms with Crippen LogP contribution in [0.5, 0.6) is 17.2 Å². The topological polar surface area (TPSA) is 98.2 Å². The van der Waals surface area contributed by atoms with E-state index < -0.39 is 35.6 Å². The van der Waals surface area contributed by atoms with Gasteiger partial charge in [-0.25, -0.2) is 0 Å². The highest BCUT2D eigenvalue weighted by Crippen LogP contribution is 2.44. The second kappa shape index (κ2) is 10.8. The van der Waals surface area contributed by atoms with Crippen LogP contribution in [-0.4, -0.2) is 41.4 Å². The molecule has 2 heterocycles. The monoisotopic (exact) mass is 528 g/mol. The lowest BCUT2D eigenvalue weighted by atomic mass is 9.95. The fraction of sp³-hybridized carbons (Fsp3) is 0.222. The summed E-state index contributed by atoms with van der Waals surface area (Å²) >= 11 is 0. The maximum absolute atomic E-state index is 13.3. The molecule has 1 aliphatic rings. The molecule has 1 fully saturated rings. The van der Waals surface area contributed by atoms with Gasteiger partial charge in [-0.1, -0.05) is 12.1 Å². The van der Waals surface area contributed by atoms with Crippen molar-refractivity contribution in [3.05, 3.63) is 83.7 Å². The molecule has 1 unspecified atom stereocenters. The van der Waals surface area contributed by atoms with Gasteiger partial charge in [0.15, 0.2) is 0 Å². The zero-order valence-electron chi connectivity index (χ0n) is 20.4. The van der Waals surface area contributed by atoms with Crippen LogP contribution in [0.25, 0.3) is 5.76 Å². The molecule has 8 nitrogen and oxygen atoms in total. The zero-order chi connectivity index (χ0) is 27.4. The van der Waals surface area contributed by atoms with Gasteiger partial charge < -0.3 is 19.3 Å². The number of aliphatic hydroxyl groups excluding tert-OH is 1. The van der Waals surface area contributed by atoms with E-state index in [2.05, 4.69) is 9.72 Å². The third-order valence-electron chi connectivity index (χ3n) is 5.59. The minimum absolute atomic E-state index is 0.0431. The van der Waals surface area contributed by atoms with Gasteiger partial charge in [0.1, 0.15) is 23.0 Å². The number of Topliss-reactive ketones (excluding diaryl/α,β-unsaturated/α-hetero) is 1. The fourth-order valence-electron chi connectivity index (χ4n) is 4.16. The van der Waals surface area contributed by atoms with Crippen molar-refractivity contribution in [1.29, 1.82) is 0 Å². The Kier molecular flexibility index (Phi) is 7.56. The molecular formula is C27H23F3N2O6. The molecule has 1 aliphatic heterocycles. The van der Waals surface area contributed by atoms with E-state index in [1.54, 1.807) is 38.1 Å². The van der Waals surface area contributed by atoms with Crippen molar-refractivity contribution in [2.24, 2.45) is 0 Å². The van der Waals surface area contributed by atoms with Crippen LogP contribution in [0.3, 0.4) is 0 Å². The van der Waals surface area contributed by atoms with Crippen molar-refractivity contribution in [3.63, 3.8) is 0 Å². The summed E-state index contributed by atoms with van der Waals surface area (Å²) in [5.74, 6) is -2.49. The molecule has 4 rings (SSSR count). The lowest BCUT2D eigenvalue weighted by Crippen LogP contribution is -2.29. The minimum Gasteiger partial charge on any atom is -0.507 e. The van der Waals surface area contributed by atoms with Gasteiger partial charge in [-0.05, 0) is 49.7 Å². The van der Waals surface area contributed by atoms with Crippen molar-refractivity contribution in [2.75, 3.05) is 18.1 Å². The summed E-state index contributed by atoms with van der Waals surface area (Å²) in [6, 6.07) is 11.3. The first-order chi connectivity index (χ1) is 18.1. The highest BCUT2D eigenvalue weighted by Gasteiger charge is 2.47. The molecule has 1 atom stereocenters. The van der Waals surface area contributed by atoms with Crippen LogP contribution in [-0.2, 0) is 9.59 Å². The van der Waals surface area contributed by atoms with Gasteiger partial charge in [-0.3, -0.25) is 19.5 Å². The maximum atomic E-state index is 13.3. The van der Waals surface area contributed by atoms with Crippen LogP contribution >= 0.6 is 0 Å². The first-order valence-electron chi connectivity index (χ1n) is 11.6. The zero-order valence-corrected chi connectivity index (χ0v) is 20.4. The molecule has 198 valence electrons. The highest BCUT2D eigenvalue weighted by atomic mass is 19.4. The number of benzene rings is 2. The minimum atomic E-state index is -4.96. The smallest absolute Gasteiger partial charge is 0.507 e. The van der Waals surface area contributed by atoms with E-state index >= 15 is 0 Å². The standard InChI is InChI=1S/C27H23F3N2O6/c1-3-36-18-10-11-20(21(14-18)37-4-2)24(33)22-23(16-7-6-12-31-15-16)32(26(35)25(22)34)17-8-5-9-19(13-17)38-27(28,29)30/h5-15,23,33H,3-4H2,1-2H3/b24-22-. The molecule has 0 radical (unpaired) electrons. The Morgan fingerprint density at radius 2 is 1.76 bits per heavy atom. The number of hydrogen-bond donors (Lipinski definition) is 1. The van der Waals surface area contributed by atoms with Crippen LogP contribution < -0.4 is 19.1 Å². The summed E-state index contributed by atoms with van der Waals surface area (Å²) in [6.45, 7) is 4.17. The van der Waals surface area contributed by atoms with Crippen LogP contribution in [0.1, 0.15) is 31.0 Å². The molecule has 11 heteroatoms. The van der Waals surface area contributed by atoms with E-state index in [1.807, 2.05) is 0 Å². The molecule has 0 bridgehead atoms. The summed E-state index contributed by atoms with van der Waals surface area (Å²) in [5, 5.41) is 11.4. The first kappa shape index (κ1) is 26.5. The Hall–Kier alpha value is -4.54. The molecule has 2 aromatic carbocycles. The molecule has 3 aromatic rings. The Morgan fingerprint density at radius 1 is 1.00 bits per heavy atom. The fourth-order valence-corrected chi connectivity index (χ4v) is 4.16. The third-order valence-corrected chi connectivity index (χ3v) is 5.59. The van der Waals surface area contributed by atoms with E-state index in [-0.39, 0.29) is 29.2 Å². The van der Waals surface area contributed by atoms with E-state index in [9.17, 15) is 27.9 Å². The number of carbonyl (C=O) groups is 2. The van der Waals surface area contributed by atoms with Gasteiger partial charge in [0.2, 0.25) is 0 Å². The van der Waals surface area contributed by atoms with Gasteiger partial charge in [0.25, 0.3) is 11.7 Å². The number of carbonyl (C=O) groups excluding carboxylic acids is 2. The summed E-state index contributed by atoms with van der Waals surface area (Å²) < 4.78 is 53.7. The predicted molar refractivity (Wildman–Crippen MR) is 131 cm³/mol. The van der Waals surface area contributed by atoms with Gasteiger partial charge in [0.05, 0.1) is 30.4 Å². The number of rotatable bonds is 8. The second-order valence-corrected chi connectivity index (χ2v) is 8.02. The van der Waals surface area contributed by atoms with E-state index in [0.29, 0.717) is 17.9 Å². The summed E-state index contributed by atoms with van der Waals surface area (Å²) in [5.41, 5.74) is 0.157. The van der Waals surface area contributed by atoms with E-state index in [1.165, 1.54) is 30.6 Å². The van der Waals surface area contributed by atoms with E-state index in [0.717, 1.165) is 17.0 Å². The second-order valence-electron chi connectivity index (χ2n) is 8.02.